The van der Waals surface area contributed by atoms with Crippen LogP contribution in [0.2, 0.25) is 0 Å². The monoisotopic (exact) mass is 337 g/mol. The van der Waals surface area contributed by atoms with E-state index < -0.39 is 5.60 Å². The number of amides is 2. The van der Waals surface area contributed by atoms with Crippen LogP contribution in [0.1, 0.15) is 48.4 Å². The van der Waals surface area contributed by atoms with Crippen molar-refractivity contribution in [3.8, 4) is 0 Å². The highest BCUT2D eigenvalue weighted by Crippen LogP contribution is 2.26. The maximum atomic E-state index is 12.1. The van der Waals surface area contributed by atoms with Gasteiger partial charge in [0.15, 0.2) is 0 Å². The Labute approximate surface area is 139 Å². The first-order chi connectivity index (χ1) is 10.8. The molecule has 0 saturated carbocycles. The van der Waals surface area contributed by atoms with Crippen LogP contribution in [-0.2, 0) is 5.60 Å². The number of aryl methyl sites for hydroxylation is 2. The summed E-state index contributed by atoms with van der Waals surface area (Å²) in [5.74, 6) is 1.39. The summed E-state index contributed by atoms with van der Waals surface area (Å²) in [5.41, 5.74) is -0.510. The zero-order valence-corrected chi connectivity index (χ0v) is 14.7. The molecule has 0 aromatic carbocycles. The summed E-state index contributed by atoms with van der Waals surface area (Å²) in [4.78, 5) is 16.3. The van der Waals surface area contributed by atoms with E-state index in [4.69, 9.17) is 4.42 Å². The second-order valence-corrected chi connectivity index (χ2v) is 6.69. The first-order valence-electron chi connectivity index (χ1n) is 7.57. The molecule has 0 aliphatic heterocycles. The number of thiazole rings is 1. The lowest BCUT2D eigenvalue weighted by molar-refractivity contribution is 0.0577. The van der Waals surface area contributed by atoms with E-state index in [-0.39, 0.29) is 18.6 Å². The molecule has 2 heterocycles. The third-order valence-electron chi connectivity index (χ3n) is 3.68. The maximum absolute atomic E-state index is 12.1. The molecule has 2 unspecified atom stereocenters. The van der Waals surface area contributed by atoms with Crippen molar-refractivity contribution >= 4 is 17.4 Å². The molecule has 2 rings (SSSR count). The van der Waals surface area contributed by atoms with Crippen LogP contribution in [0.15, 0.2) is 22.1 Å². The van der Waals surface area contributed by atoms with Crippen molar-refractivity contribution in [2.45, 2.75) is 45.8 Å². The average molecular weight is 337 g/mol. The van der Waals surface area contributed by atoms with E-state index >= 15 is 0 Å². The van der Waals surface area contributed by atoms with Crippen molar-refractivity contribution in [3.63, 3.8) is 0 Å². The lowest BCUT2D eigenvalue weighted by Crippen LogP contribution is -2.44. The molecule has 23 heavy (non-hydrogen) atoms. The molecular weight excluding hydrogens is 314 g/mol. The van der Waals surface area contributed by atoms with Gasteiger partial charge in [0.05, 0.1) is 12.6 Å². The largest absolute Gasteiger partial charge is 0.466 e. The topological polar surface area (TPSA) is 87.4 Å². The number of hydrogen-bond donors (Lipinski definition) is 3. The van der Waals surface area contributed by atoms with Crippen LogP contribution in [0.3, 0.4) is 0 Å². The summed E-state index contributed by atoms with van der Waals surface area (Å²) in [6.07, 6.45) is 2.47. The summed E-state index contributed by atoms with van der Waals surface area (Å²) in [6, 6.07) is 1.34. The van der Waals surface area contributed by atoms with Crippen LogP contribution in [-0.4, -0.2) is 22.7 Å². The quantitative estimate of drug-likeness (QED) is 0.756. The van der Waals surface area contributed by atoms with Gasteiger partial charge < -0.3 is 20.2 Å². The Morgan fingerprint density at radius 1 is 1.52 bits per heavy atom. The number of nitrogens with zero attached hydrogens (tertiary/aromatic N) is 1. The molecular formula is C16H23N3O3S. The van der Waals surface area contributed by atoms with Crippen LogP contribution < -0.4 is 10.6 Å². The van der Waals surface area contributed by atoms with Crippen LogP contribution in [0.25, 0.3) is 0 Å². The molecule has 0 aliphatic carbocycles. The Kier molecular flexibility index (Phi) is 5.43. The average Bonchev–Trinajstić information content (AvgIpc) is 3.12. The van der Waals surface area contributed by atoms with Crippen LogP contribution in [0, 0.1) is 13.8 Å². The zero-order valence-electron chi connectivity index (χ0n) is 13.8. The molecule has 126 valence electrons. The van der Waals surface area contributed by atoms with Crippen molar-refractivity contribution < 1.29 is 14.3 Å². The van der Waals surface area contributed by atoms with Gasteiger partial charge in [0, 0.05) is 17.1 Å². The minimum absolute atomic E-state index is 0.0902. The van der Waals surface area contributed by atoms with Gasteiger partial charge in [-0.05, 0) is 33.3 Å². The number of aliphatic hydroxyl groups is 1. The molecule has 2 aromatic rings. The smallest absolute Gasteiger partial charge is 0.315 e. The second kappa shape index (κ2) is 7.14. The van der Waals surface area contributed by atoms with Gasteiger partial charge in [-0.3, -0.25) is 0 Å². The van der Waals surface area contributed by atoms with Gasteiger partial charge in [-0.1, -0.05) is 6.92 Å². The van der Waals surface area contributed by atoms with E-state index in [0.717, 1.165) is 17.2 Å². The Morgan fingerprint density at radius 2 is 2.26 bits per heavy atom. The molecule has 0 spiro atoms. The van der Waals surface area contributed by atoms with Crippen molar-refractivity contribution in [3.05, 3.63) is 39.7 Å². The van der Waals surface area contributed by atoms with Crippen molar-refractivity contribution in [2.75, 3.05) is 6.54 Å². The Hall–Kier alpha value is -1.86. The van der Waals surface area contributed by atoms with Crippen LogP contribution >= 0.6 is 11.3 Å². The highest BCUT2D eigenvalue weighted by atomic mass is 32.1. The summed E-state index contributed by atoms with van der Waals surface area (Å²) >= 11 is 1.51. The fourth-order valence-electron chi connectivity index (χ4n) is 2.47. The number of furan rings is 1. The summed E-state index contributed by atoms with van der Waals surface area (Å²) in [7, 11) is 0. The van der Waals surface area contributed by atoms with Crippen molar-refractivity contribution in [1.29, 1.82) is 0 Å². The molecule has 6 nitrogen and oxygen atoms in total. The summed E-state index contributed by atoms with van der Waals surface area (Å²) in [6.45, 7) is 7.36. The summed E-state index contributed by atoms with van der Waals surface area (Å²) in [5, 5.41) is 18.9. The number of carbonyl (C=O) groups is 1. The Balaban J connectivity index is 1.94. The van der Waals surface area contributed by atoms with E-state index in [9.17, 15) is 9.90 Å². The third kappa shape index (κ3) is 4.33. The number of carbonyl (C=O) groups excluding carboxylic acids is 1. The molecule has 0 bridgehead atoms. The highest BCUT2D eigenvalue weighted by molar-refractivity contribution is 7.09. The number of aromatic nitrogens is 1. The van der Waals surface area contributed by atoms with E-state index in [1.54, 1.807) is 26.1 Å². The second-order valence-electron chi connectivity index (χ2n) is 5.76. The van der Waals surface area contributed by atoms with E-state index in [1.807, 2.05) is 19.2 Å². The van der Waals surface area contributed by atoms with Gasteiger partial charge in [0.2, 0.25) is 0 Å². The fourth-order valence-corrected chi connectivity index (χ4v) is 3.24. The van der Waals surface area contributed by atoms with Gasteiger partial charge in [-0.15, -0.1) is 11.3 Å². The van der Waals surface area contributed by atoms with Crippen molar-refractivity contribution in [1.82, 2.24) is 15.6 Å². The number of nitrogens with one attached hydrogen (secondary N) is 2. The van der Waals surface area contributed by atoms with Crippen molar-refractivity contribution in [2.24, 2.45) is 0 Å². The molecule has 0 radical (unpaired) electrons. The first-order valence-corrected chi connectivity index (χ1v) is 8.45. The van der Waals surface area contributed by atoms with Gasteiger partial charge in [-0.2, -0.15) is 0 Å². The summed E-state index contributed by atoms with van der Waals surface area (Å²) < 4.78 is 5.44. The Morgan fingerprint density at radius 3 is 2.78 bits per heavy atom. The normalized spacial score (nSPS) is 15.0. The minimum atomic E-state index is -1.19. The molecule has 0 fully saturated rings. The Bertz CT molecular complexity index is 650. The number of urea groups is 1. The fraction of sp³-hybridized carbons (Fsp3) is 0.500. The molecule has 7 heteroatoms. The third-order valence-corrected chi connectivity index (χ3v) is 4.57. The predicted octanol–water partition coefficient (Wildman–Crippen LogP) is 3.01. The molecule has 2 aromatic heterocycles. The first kappa shape index (κ1) is 17.5. The standard InChI is InChI=1S/C16H23N3O3S/c1-5-13(14-17-6-7-23-14)19-15(20)18-9-16(4,21)12-8-10(2)22-11(12)3/h6-8,13,21H,5,9H2,1-4H3,(H2,18,19,20). The molecule has 2 amide bonds. The minimum Gasteiger partial charge on any atom is -0.466 e. The van der Waals surface area contributed by atoms with E-state index in [0.29, 0.717) is 11.3 Å². The lowest BCUT2D eigenvalue weighted by Gasteiger charge is -2.24. The molecule has 3 N–H and O–H groups in total. The van der Waals surface area contributed by atoms with E-state index in [2.05, 4.69) is 15.6 Å². The maximum Gasteiger partial charge on any atom is 0.315 e. The van der Waals surface area contributed by atoms with E-state index in [1.165, 1.54) is 11.3 Å². The lowest BCUT2D eigenvalue weighted by atomic mass is 9.96. The zero-order chi connectivity index (χ0) is 17.0. The highest BCUT2D eigenvalue weighted by Gasteiger charge is 2.28. The number of hydrogen-bond acceptors (Lipinski definition) is 5. The molecule has 0 saturated heterocycles. The SMILES string of the molecule is CCC(NC(=O)NCC(C)(O)c1cc(C)oc1C)c1nccs1. The molecule has 0 aliphatic rings. The predicted molar refractivity (Wildman–Crippen MR) is 89.4 cm³/mol. The van der Waals surface area contributed by atoms with Gasteiger partial charge in [0.1, 0.15) is 22.1 Å². The van der Waals surface area contributed by atoms with Gasteiger partial charge in [0.25, 0.3) is 0 Å². The number of rotatable bonds is 6. The van der Waals surface area contributed by atoms with Crippen LogP contribution in [0.5, 0.6) is 0 Å². The van der Waals surface area contributed by atoms with Gasteiger partial charge in [-0.25, -0.2) is 9.78 Å². The molecule has 2 atom stereocenters. The van der Waals surface area contributed by atoms with Gasteiger partial charge >= 0.3 is 6.03 Å². The van der Waals surface area contributed by atoms with Crippen LogP contribution in [0.4, 0.5) is 4.79 Å².